The van der Waals surface area contributed by atoms with Crippen LogP contribution in [0.15, 0.2) is 121 Å². The molecule has 0 amide bonds. The number of hydrogen-bond donors (Lipinski definition) is 0. The van der Waals surface area contributed by atoms with Crippen molar-refractivity contribution in [1.82, 2.24) is 29.4 Å². The van der Waals surface area contributed by atoms with Crippen LogP contribution in [0, 0.1) is 34.6 Å². The second kappa shape index (κ2) is 29.7. The molecule has 7 saturated heterocycles. The molecule has 0 saturated carbocycles. The maximum absolute atomic E-state index is 2.69. The second-order valence-electron chi connectivity index (χ2n) is 24.9. The van der Waals surface area contributed by atoms with Crippen molar-refractivity contribution >= 4 is 22.7 Å². The van der Waals surface area contributed by atoms with Gasteiger partial charge < -0.3 is 29.4 Å². The first-order valence-electron chi connectivity index (χ1n) is 30.8. The molecule has 12 rings (SSSR count). The van der Waals surface area contributed by atoms with E-state index in [0.29, 0.717) is 18.1 Å². The van der Waals surface area contributed by atoms with Crippen LogP contribution in [0.3, 0.4) is 0 Å². The highest BCUT2D eigenvalue weighted by Gasteiger charge is 2.31. The first-order valence-corrected chi connectivity index (χ1v) is 30.8. The molecule has 0 aliphatic carbocycles. The summed E-state index contributed by atoms with van der Waals surface area (Å²) in [5, 5.41) is 0. The quantitative estimate of drug-likeness (QED) is 0.164. The summed E-state index contributed by atoms with van der Waals surface area (Å²) in [5.41, 5.74) is 13.7. The van der Waals surface area contributed by atoms with Gasteiger partial charge in [0.15, 0.2) is 0 Å². The van der Waals surface area contributed by atoms with Crippen molar-refractivity contribution in [2.45, 2.75) is 124 Å². The van der Waals surface area contributed by atoms with Crippen LogP contribution in [0.2, 0.25) is 0 Å². The molecule has 7 fully saturated rings. The molecule has 0 N–H and O–H groups in total. The average Bonchev–Trinajstić information content (AvgIpc) is 3.97. The van der Waals surface area contributed by atoms with E-state index < -0.39 is 0 Å². The Morgan fingerprint density at radius 3 is 1.15 bits per heavy atom. The maximum atomic E-state index is 2.69. The molecule has 5 atom stereocenters. The molecule has 7 heterocycles. The van der Waals surface area contributed by atoms with Crippen LogP contribution in [0.5, 0.6) is 0 Å². The lowest BCUT2D eigenvalue weighted by Crippen LogP contribution is -2.55. The first-order chi connectivity index (χ1) is 38.1. The SMILES string of the molecule is Cc1ccc(CN2CCN(C)CC2)cc1.Cc1ccc(N2CC(C)N(C)C(C)C2)cc1.Cc1ccc(N2CCN(C)C(C)C2)cc1.Cc1ccc(N2CCN3CCCC3C2)cc1.Cc1ccc(N2CCN3CCCCC3C2)cc1. The Bertz CT molecular complexity index is 2500. The van der Waals surface area contributed by atoms with Crippen molar-refractivity contribution in [3.05, 3.63) is 155 Å². The van der Waals surface area contributed by atoms with Crippen LogP contribution >= 0.6 is 0 Å². The monoisotopic (exact) mass is 1070 g/mol. The fourth-order valence-electron chi connectivity index (χ4n) is 12.5. The molecule has 0 radical (unpaired) electrons. The van der Waals surface area contributed by atoms with Gasteiger partial charge in [-0.05, 0) is 169 Å². The summed E-state index contributed by atoms with van der Waals surface area (Å²) < 4.78 is 0. The van der Waals surface area contributed by atoms with E-state index in [-0.39, 0.29) is 0 Å². The summed E-state index contributed by atoms with van der Waals surface area (Å²) in [6.07, 6.45) is 7.00. The van der Waals surface area contributed by atoms with Crippen LogP contribution in [0.4, 0.5) is 22.7 Å². The molecule has 0 spiro atoms. The summed E-state index contributed by atoms with van der Waals surface area (Å²) in [4.78, 5) is 25.2. The van der Waals surface area contributed by atoms with Gasteiger partial charge in [0, 0.05) is 158 Å². The smallest absolute Gasteiger partial charge is 0.0367 e. The van der Waals surface area contributed by atoms with Gasteiger partial charge in [0.25, 0.3) is 0 Å². The fourth-order valence-corrected chi connectivity index (χ4v) is 12.5. The summed E-state index contributed by atoms with van der Waals surface area (Å²) in [6.45, 7) is 39.2. The van der Waals surface area contributed by atoms with Gasteiger partial charge in [0.1, 0.15) is 0 Å². The van der Waals surface area contributed by atoms with Gasteiger partial charge in [-0.3, -0.25) is 19.6 Å². The summed E-state index contributed by atoms with van der Waals surface area (Å²) in [5.74, 6) is 0. The van der Waals surface area contributed by atoms with E-state index in [9.17, 15) is 0 Å². The summed E-state index contributed by atoms with van der Waals surface area (Å²) in [7, 11) is 6.63. The molecule has 5 unspecified atom stereocenters. The van der Waals surface area contributed by atoms with Gasteiger partial charge in [-0.15, -0.1) is 0 Å². The van der Waals surface area contributed by atoms with Crippen LogP contribution in [0.1, 0.15) is 86.3 Å². The third-order valence-corrected chi connectivity index (χ3v) is 18.5. The number of anilines is 4. The summed E-state index contributed by atoms with van der Waals surface area (Å²) >= 11 is 0. The standard InChI is InChI=1S/C15H22N2.C14H20N2.C14H22N2.2C13H20N2/c1-13-5-7-14(8-6-13)17-11-10-16-9-3-2-4-15(16)12-17;1-12-4-6-13(7-5-12)16-10-9-15-8-2-3-14(15)11-16;1-11-5-7-14(8-6-11)16-9-12(2)15(4)13(3)10-16;1-11-4-6-13(7-5-11)15-9-8-14(3)12(2)10-15;1-12-3-5-13(6-4-12)11-15-9-7-14(2)8-10-15/h5-8,15H,2-4,9-12H2,1H3;4-7,14H,2-3,8-11H2,1H3;5-8,12-13H,9-10H2,1-4H3;4-7,12H,8-10H2,1-3H3;3-6H,7-11H2,1-2H3. The number of hydrogen-bond acceptors (Lipinski definition) is 10. The predicted molar refractivity (Wildman–Crippen MR) is 340 cm³/mol. The molecular formula is C69H104N10. The number of aryl methyl sites for hydroxylation is 5. The number of fused-ring (bicyclic) bond motifs is 2. The van der Waals surface area contributed by atoms with Gasteiger partial charge in [0.2, 0.25) is 0 Å². The minimum Gasteiger partial charge on any atom is -0.369 e. The topological polar surface area (TPSA) is 32.4 Å². The molecule has 5 aromatic carbocycles. The number of piperazine rings is 5. The molecule has 430 valence electrons. The van der Waals surface area contributed by atoms with E-state index in [1.807, 2.05) is 0 Å². The minimum absolute atomic E-state index is 0.630. The predicted octanol–water partition coefficient (Wildman–Crippen LogP) is 11.4. The Labute approximate surface area is 480 Å². The molecule has 79 heavy (non-hydrogen) atoms. The molecule has 7 aliphatic heterocycles. The Hall–Kier alpha value is -4.94. The van der Waals surface area contributed by atoms with Gasteiger partial charge >= 0.3 is 0 Å². The molecule has 0 bridgehead atoms. The number of likely N-dealkylation sites (N-methyl/N-ethyl adjacent to an activating group) is 3. The Morgan fingerprint density at radius 1 is 0.342 bits per heavy atom. The van der Waals surface area contributed by atoms with Crippen molar-refractivity contribution < 1.29 is 0 Å². The number of piperidine rings is 1. The second-order valence-corrected chi connectivity index (χ2v) is 24.9. The van der Waals surface area contributed by atoms with Gasteiger partial charge in [-0.25, -0.2) is 0 Å². The largest absolute Gasteiger partial charge is 0.369 e. The lowest BCUT2D eigenvalue weighted by Gasteiger charge is -2.45. The van der Waals surface area contributed by atoms with Gasteiger partial charge in [-0.2, -0.15) is 0 Å². The molecule has 10 nitrogen and oxygen atoms in total. The van der Waals surface area contributed by atoms with Crippen LogP contribution < -0.4 is 19.6 Å². The highest BCUT2D eigenvalue weighted by atomic mass is 15.3. The highest BCUT2D eigenvalue weighted by Crippen LogP contribution is 2.28. The zero-order chi connectivity index (χ0) is 55.8. The van der Waals surface area contributed by atoms with Gasteiger partial charge in [-0.1, -0.05) is 107 Å². The Balaban J connectivity index is 0.000000130. The van der Waals surface area contributed by atoms with E-state index in [1.165, 1.54) is 167 Å². The van der Waals surface area contributed by atoms with E-state index >= 15 is 0 Å². The highest BCUT2D eigenvalue weighted by molar-refractivity contribution is 5.51. The van der Waals surface area contributed by atoms with E-state index in [2.05, 4.69) is 247 Å². The maximum Gasteiger partial charge on any atom is 0.0367 e. The lowest BCUT2D eigenvalue weighted by molar-refractivity contribution is 0.133. The van der Waals surface area contributed by atoms with E-state index in [0.717, 1.165) is 51.4 Å². The summed E-state index contributed by atoms with van der Waals surface area (Å²) in [6, 6.07) is 48.1. The zero-order valence-electron chi connectivity index (χ0n) is 51.2. The molecule has 10 heteroatoms. The third-order valence-electron chi connectivity index (χ3n) is 18.5. The van der Waals surface area contributed by atoms with Crippen molar-refractivity contribution in [3.8, 4) is 0 Å². The Kier molecular flexibility index (Phi) is 22.6. The third kappa shape index (κ3) is 18.0. The first kappa shape index (κ1) is 60.2. The fraction of sp³-hybridized carbons (Fsp3) is 0.565. The van der Waals surface area contributed by atoms with E-state index in [4.69, 9.17) is 0 Å². The molecule has 7 aliphatic rings. The number of rotatable bonds is 6. The lowest BCUT2D eigenvalue weighted by atomic mass is 9.99. The molecular weight excluding hydrogens is 969 g/mol. The van der Waals surface area contributed by atoms with Crippen LogP contribution in [-0.4, -0.2) is 192 Å². The zero-order valence-corrected chi connectivity index (χ0v) is 51.2. The number of benzene rings is 5. The Morgan fingerprint density at radius 2 is 0.709 bits per heavy atom. The van der Waals surface area contributed by atoms with Gasteiger partial charge in [0.05, 0.1) is 0 Å². The van der Waals surface area contributed by atoms with Crippen molar-refractivity contribution in [2.24, 2.45) is 0 Å². The number of nitrogens with zero attached hydrogens (tertiary/aromatic N) is 10. The molecule has 5 aromatic rings. The van der Waals surface area contributed by atoms with E-state index in [1.54, 1.807) is 0 Å². The van der Waals surface area contributed by atoms with Crippen molar-refractivity contribution in [2.75, 3.05) is 152 Å². The minimum atomic E-state index is 0.630. The van der Waals surface area contributed by atoms with Crippen molar-refractivity contribution in [1.29, 1.82) is 0 Å². The van der Waals surface area contributed by atoms with Crippen LogP contribution in [0.25, 0.3) is 0 Å². The normalized spacial score (nSPS) is 24.3. The molecule has 0 aromatic heterocycles. The van der Waals surface area contributed by atoms with Crippen molar-refractivity contribution in [3.63, 3.8) is 0 Å². The van der Waals surface area contributed by atoms with Crippen LogP contribution in [-0.2, 0) is 6.54 Å². The average molecular weight is 1070 g/mol.